The van der Waals surface area contributed by atoms with E-state index in [-0.39, 0.29) is 5.91 Å². The van der Waals surface area contributed by atoms with Crippen LogP contribution in [-0.2, 0) is 13.6 Å². The molecule has 7 nitrogen and oxygen atoms in total. The van der Waals surface area contributed by atoms with Gasteiger partial charge in [0.05, 0.1) is 18.3 Å². The van der Waals surface area contributed by atoms with Crippen LogP contribution in [0.2, 0.25) is 0 Å². The van der Waals surface area contributed by atoms with Crippen LogP contribution in [0, 0.1) is 17.8 Å². The largest absolute Gasteiger partial charge is 0.494 e. The molecule has 2 unspecified atom stereocenters. The maximum absolute atomic E-state index is 13.7. The SMILES string of the molecule is COc1cc(C(=O)N2CC3CCC2[C@@H]3C)cc2nc(-c3cc4ccc(C5CCNCC5)cc4n3CC3CC3)n(C)c12. The molecule has 3 atom stereocenters. The molecule has 2 aromatic carbocycles. The molecule has 0 radical (unpaired) electrons. The molecule has 4 heterocycles. The third-order valence-electron chi connectivity index (χ3n) is 10.8. The first-order valence-electron chi connectivity index (χ1n) is 15.7. The summed E-state index contributed by atoms with van der Waals surface area (Å²) in [6, 6.07) is 13.7. The number of imidazole rings is 1. The van der Waals surface area contributed by atoms with Crippen LogP contribution in [0.1, 0.15) is 67.3 Å². The summed E-state index contributed by atoms with van der Waals surface area (Å²) >= 11 is 0. The molecular formula is C34H41N5O2. The zero-order chi connectivity index (χ0) is 27.8. The Morgan fingerprint density at radius 1 is 1.05 bits per heavy atom. The Morgan fingerprint density at radius 2 is 1.88 bits per heavy atom. The standard InChI is InChI=1S/C34H41N5O2/c1-20-25-8-9-28(20)39(19-25)34(40)26-14-27-32(31(17-26)41-3)37(2)33(36-27)30-16-24-7-6-23(22-10-12-35-13-11-22)15-29(24)38(30)18-21-4-5-21/h6-7,14-17,20-22,25,28,35H,4-5,8-13,18-19H2,1-3H3/t20-,25?,28?/m1/s1. The van der Waals surface area contributed by atoms with Crippen molar-refractivity contribution in [2.45, 2.75) is 64.0 Å². The van der Waals surface area contributed by atoms with Crippen molar-refractivity contribution in [2.75, 3.05) is 26.7 Å². The van der Waals surface area contributed by atoms with E-state index < -0.39 is 0 Å². The van der Waals surface area contributed by atoms with Crippen molar-refractivity contribution in [2.24, 2.45) is 24.8 Å². The average Bonchev–Trinajstić information content (AvgIpc) is 3.41. The molecule has 2 aromatic heterocycles. The summed E-state index contributed by atoms with van der Waals surface area (Å²) in [5, 5.41) is 4.78. The summed E-state index contributed by atoms with van der Waals surface area (Å²) in [6.45, 7) is 6.40. The van der Waals surface area contributed by atoms with Crippen LogP contribution in [0.25, 0.3) is 33.5 Å². The fourth-order valence-electron chi connectivity index (χ4n) is 8.15. The normalized spacial score (nSPS) is 24.7. The molecule has 2 aliphatic carbocycles. The van der Waals surface area contributed by atoms with Crippen molar-refractivity contribution in [3.63, 3.8) is 0 Å². The van der Waals surface area contributed by atoms with Crippen LogP contribution in [0.3, 0.4) is 0 Å². The van der Waals surface area contributed by atoms with Gasteiger partial charge in [-0.05, 0) is 105 Å². The van der Waals surface area contributed by atoms with Gasteiger partial charge in [0.15, 0.2) is 5.82 Å². The molecule has 1 amide bonds. The van der Waals surface area contributed by atoms with Crippen LogP contribution in [0.15, 0.2) is 36.4 Å². The number of aryl methyl sites for hydroxylation is 1. The highest BCUT2D eigenvalue weighted by atomic mass is 16.5. The number of hydrogen-bond acceptors (Lipinski definition) is 4. The lowest BCUT2D eigenvalue weighted by atomic mass is 9.90. The number of benzene rings is 2. The Labute approximate surface area is 241 Å². The van der Waals surface area contributed by atoms with Gasteiger partial charge in [-0.2, -0.15) is 0 Å². The van der Waals surface area contributed by atoms with Crippen molar-refractivity contribution in [1.29, 1.82) is 0 Å². The van der Waals surface area contributed by atoms with Crippen LogP contribution < -0.4 is 10.1 Å². The van der Waals surface area contributed by atoms with Gasteiger partial charge in [-0.1, -0.05) is 19.1 Å². The van der Waals surface area contributed by atoms with Gasteiger partial charge in [-0.15, -0.1) is 0 Å². The molecule has 2 bridgehead atoms. The first-order chi connectivity index (χ1) is 20.0. The fourth-order valence-corrected chi connectivity index (χ4v) is 8.15. The number of rotatable bonds is 6. The summed E-state index contributed by atoms with van der Waals surface area (Å²) in [6.07, 6.45) is 7.36. The molecule has 7 heteroatoms. The van der Waals surface area contributed by atoms with Crippen molar-refractivity contribution in [3.8, 4) is 17.3 Å². The van der Waals surface area contributed by atoms with Gasteiger partial charge in [0.1, 0.15) is 11.3 Å². The minimum absolute atomic E-state index is 0.116. The van der Waals surface area contributed by atoms with Gasteiger partial charge < -0.3 is 24.1 Å². The van der Waals surface area contributed by atoms with E-state index in [2.05, 4.69) is 57.6 Å². The highest BCUT2D eigenvalue weighted by molar-refractivity contribution is 6.00. The molecular weight excluding hydrogens is 510 g/mol. The Hall–Kier alpha value is -3.32. The van der Waals surface area contributed by atoms with Crippen LogP contribution >= 0.6 is 0 Å². The van der Waals surface area contributed by atoms with E-state index in [0.717, 1.165) is 61.1 Å². The Balaban J connectivity index is 1.22. The zero-order valence-electron chi connectivity index (χ0n) is 24.5. The predicted molar refractivity (Wildman–Crippen MR) is 162 cm³/mol. The molecule has 0 spiro atoms. The van der Waals surface area contributed by atoms with E-state index in [1.165, 1.54) is 48.6 Å². The summed E-state index contributed by atoms with van der Waals surface area (Å²) < 4.78 is 10.6. The maximum Gasteiger partial charge on any atom is 0.254 e. The van der Waals surface area contributed by atoms with E-state index in [0.29, 0.717) is 35.1 Å². The molecule has 2 saturated carbocycles. The van der Waals surface area contributed by atoms with E-state index >= 15 is 0 Å². The molecule has 4 fully saturated rings. The molecule has 4 aromatic rings. The van der Waals surface area contributed by atoms with Gasteiger partial charge in [-0.25, -0.2) is 4.98 Å². The second-order valence-corrected chi connectivity index (χ2v) is 13.2. The summed E-state index contributed by atoms with van der Waals surface area (Å²) in [5.41, 5.74) is 6.37. The summed E-state index contributed by atoms with van der Waals surface area (Å²) in [5.74, 6) is 4.34. The first-order valence-corrected chi connectivity index (χ1v) is 15.7. The summed E-state index contributed by atoms with van der Waals surface area (Å²) in [7, 11) is 3.78. The monoisotopic (exact) mass is 551 g/mol. The zero-order valence-corrected chi connectivity index (χ0v) is 24.5. The van der Waals surface area contributed by atoms with Crippen LogP contribution in [0.4, 0.5) is 0 Å². The highest BCUT2D eigenvalue weighted by Gasteiger charge is 2.46. The summed E-state index contributed by atoms with van der Waals surface area (Å²) in [4.78, 5) is 21.1. The number of carbonyl (C=O) groups is 1. The number of piperidine rings is 2. The topological polar surface area (TPSA) is 64.3 Å². The van der Waals surface area contributed by atoms with Gasteiger partial charge in [0, 0.05) is 42.6 Å². The number of carbonyl (C=O) groups excluding carboxylic acids is 1. The Morgan fingerprint density at radius 3 is 2.59 bits per heavy atom. The maximum atomic E-state index is 13.7. The van der Waals surface area contributed by atoms with Gasteiger partial charge >= 0.3 is 0 Å². The van der Waals surface area contributed by atoms with Crippen LogP contribution in [-0.4, -0.2) is 57.7 Å². The molecule has 1 N–H and O–H groups in total. The minimum Gasteiger partial charge on any atom is -0.494 e. The fraction of sp³-hybridized carbons (Fsp3) is 0.529. The first kappa shape index (κ1) is 25.4. The number of nitrogens with zero attached hydrogens (tertiary/aromatic N) is 4. The lowest BCUT2D eigenvalue weighted by molar-refractivity contribution is 0.0696. The number of amides is 1. The van der Waals surface area contributed by atoms with Gasteiger partial charge in [0.25, 0.3) is 5.91 Å². The molecule has 41 heavy (non-hydrogen) atoms. The lowest BCUT2D eigenvalue weighted by Gasteiger charge is -2.27. The molecule has 8 rings (SSSR count). The second-order valence-electron chi connectivity index (χ2n) is 13.2. The quantitative estimate of drug-likeness (QED) is 0.322. The molecule has 214 valence electrons. The van der Waals surface area contributed by atoms with E-state index in [4.69, 9.17) is 9.72 Å². The Kier molecular flexibility index (Phi) is 5.96. The van der Waals surface area contributed by atoms with E-state index in [9.17, 15) is 4.79 Å². The number of hydrogen-bond donors (Lipinski definition) is 1. The van der Waals surface area contributed by atoms with Gasteiger partial charge in [-0.3, -0.25) is 4.79 Å². The number of methoxy groups -OCH3 is 1. The average molecular weight is 552 g/mol. The third-order valence-corrected chi connectivity index (χ3v) is 10.8. The number of ether oxygens (including phenoxy) is 1. The molecule has 2 aliphatic heterocycles. The van der Waals surface area contributed by atoms with Gasteiger partial charge in [0.2, 0.25) is 0 Å². The van der Waals surface area contributed by atoms with Crippen molar-refractivity contribution < 1.29 is 9.53 Å². The molecule has 4 aliphatic rings. The highest BCUT2D eigenvalue weighted by Crippen LogP contribution is 2.44. The smallest absolute Gasteiger partial charge is 0.254 e. The third kappa shape index (κ3) is 4.10. The number of fused-ring (bicyclic) bond motifs is 4. The van der Waals surface area contributed by atoms with Crippen molar-refractivity contribution in [3.05, 3.63) is 47.5 Å². The van der Waals surface area contributed by atoms with E-state index in [1.807, 2.05) is 12.1 Å². The second kappa shape index (κ2) is 9.62. The number of nitrogens with one attached hydrogen (secondary N) is 1. The predicted octanol–water partition coefficient (Wildman–Crippen LogP) is 5.95. The minimum atomic E-state index is 0.116. The number of aromatic nitrogens is 3. The van der Waals surface area contributed by atoms with E-state index in [1.54, 1.807) is 7.11 Å². The lowest BCUT2D eigenvalue weighted by Crippen LogP contribution is -2.38. The number of likely N-dealkylation sites (tertiary alicyclic amines) is 1. The van der Waals surface area contributed by atoms with Crippen LogP contribution in [0.5, 0.6) is 5.75 Å². The molecule has 2 saturated heterocycles. The van der Waals surface area contributed by atoms with Crippen molar-refractivity contribution in [1.82, 2.24) is 24.3 Å². The Bertz CT molecular complexity index is 1660. The van der Waals surface area contributed by atoms with Crippen molar-refractivity contribution >= 4 is 27.8 Å².